The summed E-state index contributed by atoms with van der Waals surface area (Å²) >= 11 is 3.62. The van der Waals surface area contributed by atoms with Crippen LogP contribution in [-0.4, -0.2) is 26.4 Å². The van der Waals surface area contributed by atoms with E-state index in [4.69, 9.17) is 9.47 Å². The van der Waals surface area contributed by atoms with Gasteiger partial charge in [-0.2, -0.15) is 0 Å². The normalized spacial score (nSPS) is 22.2. The fourth-order valence-corrected chi connectivity index (χ4v) is 3.25. The predicted molar refractivity (Wildman–Crippen MR) is 80.6 cm³/mol. The first-order valence-electron chi connectivity index (χ1n) is 6.79. The van der Waals surface area contributed by atoms with Crippen molar-refractivity contribution in [1.82, 2.24) is 5.32 Å². The second-order valence-corrected chi connectivity index (χ2v) is 6.04. The monoisotopic (exact) mass is 327 g/mol. The molecule has 1 N–H and O–H groups in total. The third-order valence-corrected chi connectivity index (χ3v) is 4.55. The average Bonchev–Trinajstić information content (AvgIpc) is 2.92. The van der Waals surface area contributed by atoms with Gasteiger partial charge in [-0.15, -0.1) is 0 Å². The molecule has 1 fully saturated rings. The predicted octanol–water partition coefficient (Wildman–Crippen LogP) is 3.53. The molecule has 4 heteroatoms. The molecule has 0 aromatic heterocycles. The SMILES string of the molecule is COc1ccc([C@H](C)N[C@@H](C)[C@H]2CCOC2)c(Br)c1. The van der Waals surface area contributed by atoms with E-state index < -0.39 is 0 Å². The summed E-state index contributed by atoms with van der Waals surface area (Å²) in [5.74, 6) is 1.50. The Bertz CT molecular complexity index is 419. The lowest BCUT2D eigenvalue weighted by Gasteiger charge is -2.25. The molecule has 1 aliphatic rings. The van der Waals surface area contributed by atoms with Gasteiger partial charge in [0.05, 0.1) is 13.7 Å². The highest BCUT2D eigenvalue weighted by molar-refractivity contribution is 9.10. The van der Waals surface area contributed by atoms with Crippen LogP contribution in [0.1, 0.15) is 31.9 Å². The lowest BCUT2D eigenvalue weighted by atomic mass is 9.98. The summed E-state index contributed by atoms with van der Waals surface area (Å²) in [7, 11) is 1.69. The van der Waals surface area contributed by atoms with Gasteiger partial charge in [0.1, 0.15) is 5.75 Å². The zero-order chi connectivity index (χ0) is 13.8. The van der Waals surface area contributed by atoms with Crippen LogP contribution in [0, 0.1) is 5.92 Å². The van der Waals surface area contributed by atoms with E-state index in [1.54, 1.807) is 7.11 Å². The molecule has 0 unspecified atom stereocenters. The first kappa shape index (κ1) is 14.8. The van der Waals surface area contributed by atoms with Gasteiger partial charge in [0.15, 0.2) is 0 Å². The molecule has 0 aliphatic carbocycles. The lowest BCUT2D eigenvalue weighted by molar-refractivity contribution is 0.177. The molecule has 19 heavy (non-hydrogen) atoms. The molecule has 2 rings (SSSR count). The highest BCUT2D eigenvalue weighted by atomic mass is 79.9. The number of nitrogens with one attached hydrogen (secondary N) is 1. The lowest BCUT2D eigenvalue weighted by Crippen LogP contribution is -2.35. The maximum atomic E-state index is 5.45. The van der Waals surface area contributed by atoms with Gasteiger partial charge in [0, 0.05) is 23.2 Å². The molecule has 0 bridgehead atoms. The molecule has 3 nitrogen and oxygen atoms in total. The van der Waals surface area contributed by atoms with Crippen molar-refractivity contribution in [3.8, 4) is 5.75 Å². The molecule has 1 aromatic carbocycles. The van der Waals surface area contributed by atoms with Crippen LogP contribution in [0.15, 0.2) is 22.7 Å². The maximum Gasteiger partial charge on any atom is 0.120 e. The van der Waals surface area contributed by atoms with E-state index in [-0.39, 0.29) is 0 Å². The number of halogens is 1. The van der Waals surface area contributed by atoms with Gasteiger partial charge in [-0.25, -0.2) is 0 Å². The molecular formula is C15H22BrNO2. The van der Waals surface area contributed by atoms with Crippen molar-refractivity contribution >= 4 is 15.9 Å². The van der Waals surface area contributed by atoms with Crippen molar-refractivity contribution in [3.05, 3.63) is 28.2 Å². The Morgan fingerprint density at radius 3 is 2.79 bits per heavy atom. The van der Waals surface area contributed by atoms with Crippen molar-refractivity contribution in [1.29, 1.82) is 0 Å². The Labute approximate surface area is 123 Å². The molecule has 1 aromatic rings. The molecule has 106 valence electrons. The third kappa shape index (κ3) is 3.71. The number of methoxy groups -OCH3 is 1. The summed E-state index contributed by atoms with van der Waals surface area (Å²) in [6, 6.07) is 6.89. The second kappa shape index (κ2) is 6.73. The minimum atomic E-state index is 0.302. The van der Waals surface area contributed by atoms with Crippen LogP contribution in [0.4, 0.5) is 0 Å². The zero-order valence-electron chi connectivity index (χ0n) is 11.8. The Balaban J connectivity index is 2.00. The Morgan fingerprint density at radius 1 is 1.42 bits per heavy atom. The van der Waals surface area contributed by atoms with E-state index >= 15 is 0 Å². The van der Waals surface area contributed by atoms with E-state index in [1.165, 1.54) is 5.56 Å². The highest BCUT2D eigenvalue weighted by Gasteiger charge is 2.24. The summed E-state index contributed by atoms with van der Waals surface area (Å²) in [6.07, 6.45) is 1.16. The largest absolute Gasteiger partial charge is 0.497 e. The maximum absolute atomic E-state index is 5.45. The van der Waals surface area contributed by atoms with E-state index in [2.05, 4.69) is 41.2 Å². The summed E-state index contributed by atoms with van der Waals surface area (Å²) in [6.45, 7) is 6.22. The molecular weight excluding hydrogens is 306 g/mol. The minimum Gasteiger partial charge on any atom is -0.497 e. The minimum absolute atomic E-state index is 0.302. The smallest absolute Gasteiger partial charge is 0.120 e. The van der Waals surface area contributed by atoms with Gasteiger partial charge in [-0.1, -0.05) is 22.0 Å². The second-order valence-electron chi connectivity index (χ2n) is 5.19. The van der Waals surface area contributed by atoms with Crippen molar-refractivity contribution in [2.24, 2.45) is 5.92 Å². The van der Waals surface area contributed by atoms with Crippen LogP contribution in [0.25, 0.3) is 0 Å². The van der Waals surface area contributed by atoms with Crippen LogP contribution in [0.2, 0.25) is 0 Å². The standard InChI is InChI=1S/C15H22BrNO2/c1-10(12-6-7-19-9-12)17-11(2)14-5-4-13(18-3)8-15(14)16/h4-5,8,10-12,17H,6-7,9H2,1-3H3/t10-,11-,12-/m0/s1. The molecule has 0 amide bonds. The first-order valence-corrected chi connectivity index (χ1v) is 7.58. The van der Waals surface area contributed by atoms with Gasteiger partial charge in [-0.3, -0.25) is 0 Å². The highest BCUT2D eigenvalue weighted by Crippen LogP contribution is 2.28. The molecule has 0 radical (unpaired) electrons. The zero-order valence-corrected chi connectivity index (χ0v) is 13.4. The van der Waals surface area contributed by atoms with Crippen molar-refractivity contribution in [2.75, 3.05) is 20.3 Å². The molecule has 1 aliphatic heterocycles. The van der Waals surface area contributed by atoms with Crippen molar-refractivity contribution < 1.29 is 9.47 Å². The number of benzene rings is 1. The number of hydrogen-bond donors (Lipinski definition) is 1. The Morgan fingerprint density at radius 2 is 2.21 bits per heavy atom. The van der Waals surface area contributed by atoms with Crippen LogP contribution in [-0.2, 0) is 4.74 Å². The summed E-state index contributed by atoms with van der Waals surface area (Å²) in [5, 5.41) is 3.67. The number of rotatable bonds is 5. The van der Waals surface area contributed by atoms with E-state index in [1.807, 2.05) is 12.1 Å². The molecule has 1 heterocycles. The van der Waals surface area contributed by atoms with Gasteiger partial charge in [0.2, 0.25) is 0 Å². The number of ether oxygens (including phenoxy) is 2. The fraction of sp³-hybridized carbons (Fsp3) is 0.600. The van der Waals surface area contributed by atoms with Gasteiger partial charge in [-0.05, 0) is 43.9 Å². The fourth-order valence-electron chi connectivity index (χ4n) is 2.55. The van der Waals surface area contributed by atoms with E-state index in [0.717, 1.165) is 29.9 Å². The van der Waals surface area contributed by atoms with Gasteiger partial charge >= 0.3 is 0 Å². The number of hydrogen-bond acceptors (Lipinski definition) is 3. The molecule has 0 spiro atoms. The summed E-state index contributed by atoms with van der Waals surface area (Å²) in [4.78, 5) is 0. The molecule has 3 atom stereocenters. The van der Waals surface area contributed by atoms with Crippen molar-refractivity contribution in [3.63, 3.8) is 0 Å². The van der Waals surface area contributed by atoms with E-state index in [0.29, 0.717) is 18.0 Å². The first-order chi connectivity index (χ1) is 9.11. The van der Waals surface area contributed by atoms with E-state index in [9.17, 15) is 0 Å². The van der Waals surface area contributed by atoms with Crippen LogP contribution < -0.4 is 10.1 Å². The molecule has 1 saturated heterocycles. The molecule has 0 saturated carbocycles. The topological polar surface area (TPSA) is 30.5 Å². The van der Waals surface area contributed by atoms with Crippen molar-refractivity contribution in [2.45, 2.75) is 32.4 Å². The van der Waals surface area contributed by atoms with Gasteiger partial charge in [0.25, 0.3) is 0 Å². The van der Waals surface area contributed by atoms with Crippen LogP contribution in [0.3, 0.4) is 0 Å². The van der Waals surface area contributed by atoms with Gasteiger partial charge < -0.3 is 14.8 Å². The Hall–Kier alpha value is -0.580. The Kier molecular flexibility index (Phi) is 5.25. The summed E-state index contributed by atoms with van der Waals surface area (Å²) in [5.41, 5.74) is 1.26. The average molecular weight is 328 g/mol. The van der Waals surface area contributed by atoms with Crippen LogP contribution in [0.5, 0.6) is 5.75 Å². The quantitative estimate of drug-likeness (QED) is 0.897. The summed E-state index contributed by atoms with van der Waals surface area (Å²) < 4.78 is 11.8. The van der Waals surface area contributed by atoms with Crippen LogP contribution >= 0.6 is 15.9 Å². The third-order valence-electron chi connectivity index (χ3n) is 3.86.